The van der Waals surface area contributed by atoms with Gasteiger partial charge in [-0.3, -0.25) is 9.89 Å². The highest BCUT2D eigenvalue weighted by atomic mass is 35.5. The monoisotopic (exact) mass is 280 g/mol. The first-order chi connectivity index (χ1) is 9.15. The molecule has 1 unspecified atom stereocenters. The molecule has 1 aromatic carbocycles. The maximum Gasteiger partial charge on any atom is 0.185 e. The minimum atomic E-state index is 0.174. The Morgan fingerprint density at radius 1 is 1.37 bits per heavy atom. The molecule has 1 aliphatic rings. The van der Waals surface area contributed by atoms with Crippen LogP contribution in [0.3, 0.4) is 0 Å². The van der Waals surface area contributed by atoms with Gasteiger partial charge >= 0.3 is 0 Å². The molecule has 1 atom stereocenters. The van der Waals surface area contributed by atoms with E-state index < -0.39 is 0 Å². The number of hydrogen-bond donors (Lipinski definition) is 2. The second-order valence-electron chi connectivity index (χ2n) is 5.02. The molecule has 0 saturated carbocycles. The van der Waals surface area contributed by atoms with Crippen LogP contribution in [0.2, 0.25) is 5.02 Å². The average molecular weight is 281 g/mol. The molecule has 1 aromatic rings. The number of benzene rings is 1. The van der Waals surface area contributed by atoms with Crippen molar-refractivity contribution in [2.45, 2.75) is 31.8 Å². The summed E-state index contributed by atoms with van der Waals surface area (Å²) in [5, 5.41) is 0.787. The van der Waals surface area contributed by atoms with Crippen LogP contribution >= 0.6 is 11.6 Å². The van der Waals surface area contributed by atoms with E-state index in [0.717, 1.165) is 24.5 Å². The first-order valence-corrected chi connectivity index (χ1v) is 7.07. The van der Waals surface area contributed by atoms with Crippen LogP contribution in [0.1, 0.15) is 24.8 Å². The van der Waals surface area contributed by atoms with E-state index in [9.17, 15) is 0 Å². The summed E-state index contributed by atoms with van der Waals surface area (Å²) in [5.41, 5.74) is 12.1. The topological polar surface area (TPSA) is 67.6 Å². The summed E-state index contributed by atoms with van der Waals surface area (Å²) >= 11 is 6.03. The van der Waals surface area contributed by atoms with Gasteiger partial charge in [-0.15, -0.1) is 0 Å². The zero-order chi connectivity index (χ0) is 13.7. The van der Waals surface area contributed by atoms with Crippen LogP contribution < -0.4 is 11.5 Å². The third-order valence-electron chi connectivity index (χ3n) is 3.51. The first kappa shape index (κ1) is 14.2. The molecule has 4 nitrogen and oxygen atoms in total. The first-order valence-electron chi connectivity index (χ1n) is 6.69. The Morgan fingerprint density at radius 3 is 2.95 bits per heavy atom. The van der Waals surface area contributed by atoms with E-state index >= 15 is 0 Å². The average Bonchev–Trinajstić information content (AvgIpc) is 2.38. The maximum absolute atomic E-state index is 6.03. The van der Waals surface area contributed by atoms with Crippen molar-refractivity contribution in [3.05, 3.63) is 34.9 Å². The number of hydrogen-bond acceptors (Lipinski definition) is 2. The van der Waals surface area contributed by atoms with Gasteiger partial charge in [0.05, 0.1) is 6.54 Å². The summed E-state index contributed by atoms with van der Waals surface area (Å²) in [6.45, 7) is 2.69. The number of halogens is 1. The third kappa shape index (κ3) is 4.40. The van der Waals surface area contributed by atoms with Crippen LogP contribution in [0.15, 0.2) is 29.3 Å². The molecule has 0 amide bonds. The Morgan fingerprint density at radius 2 is 2.21 bits per heavy atom. The molecule has 0 aromatic heterocycles. The third-order valence-corrected chi connectivity index (χ3v) is 3.74. The zero-order valence-corrected chi connectivity index (χ0v) is 11.8. The van der Waals surface area contributed by atoms with Crippen molar-refractivity contribution in [3.63, 3.8) is 0 Å². The van der Waals surface area contributed by atoms with Gasteiger partial charge in [-0.05, 0) is 37.1 Å². The van der Waals surface area contributed by atoms with Gasteiger partial charge in [-0.2, -0.15) is 0 Å². The minimum absolute atomic E-state index is 0.174. The Labute approximate surface area is 119 Å². The van der Waals surface area contributed by atoms with Crippen LogP contribution in [0.25, 0.3) is 0 Å². The Bertz CT molecular complexity index is 443. The predicted molar refractivity (Wildman–Crippen MR) is 80.2 cm³/mol. The summed E-state index contributed by atoms with van der Waals surface area (Å²) in [5.74, 6) is 0.174. The lowest BCUT2D eigenvalue weighted by atomic mass is 10.0. The molecular weight excluding hydrogens is 260 g/mol. The fourth-order valence-corrected chi connectivity index (χ4v) is 2.77. The molecule has 0 radical (unpaired) electrons. The molecular formula is C14H21ClN4. The second-order valence-corrected chi connectivity index (χ2v) is 5.45. The van der Waals surface area contributed by atoms with Crippen LogP contribution in [-0.4, -0.2) is 30.0 Å². The fraction of sp³-hybridized carbons (Fsp3) is 0.500. The largest absolute Gasteiger partial charge is 0.370 e. The van der Waals surface area contributed by atoms with Crippen LogP contribution in [0, 0.1) is 0 Å². The summed E-state index contributed by atoms with van der Waals surface area (Å²) in [7, 11) is 0. The minimum Gasteiger partial charge on any atom is -0.370 e. The molecule has 1 aliphatic heterocycles. The molecule has 5 heteroatoms. The lowest BCUT2D eigenvalue weighted by Gasteiger charge is -2.34. The molecule has 1 saturated heterocycles. The fourth-order valence-electron chi connectivity index (χ4n) is 2.56. The molecule has 0 spiro atoms. The van der Waals surface area contributed by atoms with Crippen molar-refractivity contribution in [1.29, 1.82) is 0 Å². The van der Waals surface area contributed by atoms with E-state index in [-0.39, 0.29) is 5.96 Å². The van der Waals surface area contributed by atoms with Gasteiger partial charge in [0.25, 0.3) is 0 Å². The quantitative estimate of drug-likeness (QED) is 0.654. The van der Waals surface area contributed by atoms with E-state index in [4.69, 9.17) is 23.1 Å². The van der Waals surface area contributed by atoms with Crippen molar-refractivity contribution in [3.8, 4) is 0 Å². The number of piperidine rings is 1. The van der Waals surface area contributed by atoms with Gasteiger partial charge in [0.15, 0.2) is 5.96 Å². The zero-order valence-electron chi connectivity index (χ0n) is 11.1. The Balaban J connectivity index is 2.01. The van der Waals surface area contributed by atoms with Crippen molar-refractivity contribution in [2.75, 3.05) is 13.1 Å². The SMILES string of the molecule is NC(N)=NCC1CCCCN1Cc1cccc(Cl)c1. The van der Waals surface area contributed by atoms with Crippen LogP contribution in [0.5, 0.6) is 0 Å². The van der Waals surface area contributed by atoms with Crippen molar-refractivity contribution >= 4 is 17.6 Å². The van der Waals surface area contributed by atoms with Crippen molar-refractivity contribution < 1.29 is 0 Å². The molecule has 1 heterocycles. The van der Waals surface area contributed by atoms with E-state index in [2.05, 4.69) is 16.0 Å². The van der Waals surface area contributed by atoms with Crippen molar-refractivity contribution in [1.82, 2.24) is 4.90 Å². The van der Waals surface area contributed by atoms with Gasteiger partial charge < -0.3 is 11.5 Å². The predicted octanol–water partition coefficient (Wildman–Crippen LogP) is 1.97. The van der Waals surface area contributed by atoms with Gasteiger partial charge in [0, 0.05) is 17.6 Å². The van der Waals surface area contributed by atoms with E-state index in [1.54, 1.807) is 0 Å². The maximum atomic E-state index is 6.03. The highest BCUT2D eigenvalue weighted by Gasteiger charge is 2.22. The number of nitrogens with two attached hydrogens (primary N) is 2. The molecule has 0 aliphatic carbocycles. The van der Waals surface area contributed by atoms with E-state index in [0.29, 0.717) is 12.6 Å². The smallest absolute Gasteiger partial charge is 0.185 e. The lowest BCUT2D eigenvalue weighted by molar-refractivity contribution is 0.145. The lowest BCUT2D eigenvalue weighted by Crippen LogP contribution is -2.41. The van der Waals surface area contributed by atoms with Gasteiger partial charge in [-0.25, -0.2) is 0 Å². The van der Waals surface area contributed by atoms with E-state index in [1.807, 2.05) is 18.2 Å². The standard InChI is InChI=1S/C14H21ClN4/c15-12-5-3-4-11(8-12)10-19-7-2-1-6-13(19)9-18-14(16)17/h3-5,8,13H,1-2,6-7,9-10H2,(H4,16,17,18). The number of aliphatic imine (C=N–C) groups is 1. The number of nitrogens with zero attached hydrogens (tertiary/aromatic N) is 2. The molecule has 1 fully saturated rings. The Hall–Kier alpha value is -1.26. The summed E-state index contributed by atoms with van der Waals surface area (Å²) < 4.78 is 0. The summed E-state index contributed by atoms with van der Waals surface area (Å²) in [6, 6.07) is 8.45. The molecule has 2 rings (SSSR count). The van der Waals surface area contributed by atoms with Gasteiger partial charge in [0.1, 0.15) is 0 Å². The number of rotatable bonds is 4. The van der Waals surface area contributed by atoms with Gasteiger partial charge in [-0.1, -0.05) is 30.2 Å². The Kier molecular flexibility index (Phi) is 5.05. The van der Waals surface area contributed by atoms with Crippen LogP contribution in [-0.2, 0) is 6.54 Å². The summed E-state index contributed by atoms with van der Waals surface area (Å²) in [6.07, 6.45) is 3.63. The molecule has 19 heavy (non-hydrogen) atoms. The summed E-state index contributed by atoms with van der Waals surface area (Å²) in [4.78, 5) is 6.61. The highest BCUT2D eigenvalue weighted by molar-refractivity contribution is 6.30. The van der Waals surface area contributed by atoms with Crippen molar-refractivity contribution in [2.24, 2.45) is 16.5 Å². The van der Waals surface area contributed by atoms with Gasteiger partial charge in [0.2, 0.25) is 0 Å². The van der Waals surface area contributed by atoms with E-state index in [1.165, 1.54) is 18.4 Å². The molecule has 104 valence electrons. The van der Waals surface area contributed by atoms with Crippen LogP contribution in [0.4, 0.5) is 0 Å². The highest BCUT2D eigenvalue weighted by Crippen LogP contribution is 2.21. The normalized spacial score (nSPS) is 20.2. The second kappa shape index (κ2) is 6.78. The number of guanidine groups is 1. The number of likely N-dealkylation sites (tertiary alicyclic amines) is 1. The molecule has 4 N–H and O–H groups in total. The molecule has 0 bridgehead atoms.